The van der Waals surface area contributed by atoms with Gasteiger partial charge in [-0.25, -0.2) is 4.98 Å². The van der Waals surface area contributed by atoms with Crippen molar-refractivity contribution in [3.8, 4) is 0 Å². The van der Waals surface area contributed by atoms with E-state index in [4.69, 9.17) is 15.0 Å². The second kappa shape index (κ2) is 14.6. The molecule has 33 heavy (non-hydrogen) atoms. The maximum absolute atomic E-state index is 4.72. The summed E-state index contributed by atoms with van der Waals surface area (Å²) < 4.78 is 0. The molecule has 0 unspecified atom stereocenters. The molecule has 3 nitrogen and oxygen atoms in total. The van der Waals surface area contributed by atoms with Crippen LogP contribution in [0.5, 0.6) is 0 Å². The molecule has 7 heteroatoms. The smallest absolute Gasteiger partial charge is 1.00 e. The molecule has 0 aliphatic carbocycles. The molecule has 0 aliphatic rings. The Morgan fingerprint density at radius 3 is 1.09 bits per heavy atom. The standard InChI is InChI=1S/C26H29N3.3ClH.V/c1-16-8-19(4)25(20(5)9-16)27-14-23-12-18(3)13-24(29-23)15-28-26-21(6)10-17(2)11-22(26)7;;;;/h8-15H,1-7H3;3*1H;/q;;;;+3/p-3. The molecular formula is C26H29Cl3N3V. The summed E-state index contributed by atoms with van der Waals surface area (Å²) in [6.45, 7) is 14.7. The van der Waals surface area contributed by atoms with Crippen molar-refractivity contribution in [1.29, 1.82) is 0 Å². The molecule has 1 heterocycles. The Kier molecular flexibility index (Phi) is 14.9. The summed E-state index contributed by atoms with van der Waals surface area (Å²) in [5.74, 6) is 0. The molecule has 174 valence electrons. The van der Waals surface area contributed by atoms with E-state index in [-0.39, 0.29) is 55.8 Å². The fraction of sp³-hybridized carbons (Fsp3) is 0.269. The van der Waals surface area contributed by atoms with Gasteiger partial charge >= 0.3 is 18.6 Å². The van der Waals surface area contributed by atoms with Crippen LogP contribution in [0, 0.1) is 48.5 Å². The molecule has 0 radical (unpaired) electrons. The van der Waals surface area contributed by atoms with Crippen molar-refractivity contribution in [3.63, 3.8) is 0 Å². The third-order valence-corrected chi connectivity index (χ3v) is 4.93. The van der Waals surface area contributed by atoms with Gasteiger partial charge in [-0.05, 0) is 88.4 Å². The number of pyridine rings is 1. The fourth-order valence-corrected chi connectivity index (χ4v) is 3.87. The van der Waals surface area contributed by atoms with Crippen molar-refractivity contribution in [2.24, 2.45) is 9.98 Å². The number of hydrogen-bond acceptors (Lipinski definition) is 3. The average molecular weight is 541 g/mol. The maximum atomic E-state index is 4.72. The van der Waals surface area contributed by atoms with Crippen molar-refractivity contribution in [2.75, 3.05) is 0 Å². The molecule has 3 rings (SSSR count). The molecule has 3 aromatic rings. The van der Waals surface area contributed by atoms with Crippen LogP contribution >= 0.6 is 0 Å². The first kappa shape index (κ1) is 33.6. The van der Waals surface area contributed by atoms with Gasteiger partial charge in [-0.1, -0.05) is 35.4 Å². The van der Waals surface area contributed by atoms with E-state index in [0.29, 0.717) is 0 Å². The summed E-state index contributed by atoms with van der Waals surface area (Å²) in [7, 11) is 0. The number of hydrogen-bond donors (Lipinski definition) is 0. The molecule has 0 saturated heterocycles. The number of rotatable bonds is 4. The van der Waals surface area contributed by atoms with E-state index < -0.39 is 0 Å². The number of halogens is 3. The quantitative estimate of drug-likeness (QED) is 0.345. The number of benzene rings is 2. The van der Waals surface area contributed by atoms with E-state index >= 15 is 0 Å². The van der Waals surface area contributed by atoms with Gasteiger partial charge in [0.2, 0.25) is 0 Å². The number of aryl methyl sites for hydroxylation is 7. The molecule has 0 N–H and O–H groups in total. The Morgan fingerprint density at radius 2 is 0.788 bits per heavy atom. The largest absolute Gasteiger partial charge is 3.00 e. The van der Waals surface area contributed by atoms with Crippen LogP contribution in [0.4, 0.5) is 11.4 Å². The van der Waals surface area contributed by atoms with E-state index in [1.54, 1.807) is 0 Å². The molecule has 0 amide bonds. The predicted molar refractivity (Wildman–Crippen MR) is 125 cm³/mol. The zero-order valence-corrected chi connectivity index (χ0v) is 23.7. The fourth-order valence-electron chi connectivity index (χ4n) is 3.87. The summed E-state index contributed by atoms with van der Waals surface area (Å²) in [4.78, 5) is 14.2. The molecule has 0 atom stereocenters. The zero-order chi connectivity index (χ0) is 21.1. The molecule has 0 fully saturated rings. The number of aromatic nitrogens is 1. The first-order valence-corrected chi connectivity index (χ1v) is 9.95. The maximum Gasteiger partial charge on any atom is 3.00 e. The second-order valence-electron chi connectivity index (χ2n) is 8.01. The first-order chi connectivity index (χ1) is 13.7. The van der Waals surface area contributed by atoms with Crippen LogP contribution in [0.3, 0.4) is 0 Å². The van der Waals surface area contributed by atoms with Gasteiger partial charge in [-0.3, -0.25) is 9.98 Å². The molecular weight excluding hydrogens is 512 g/mol. The molecule has 0 saturated carbocycles. The molecule has 0 spiro atoms. The Hall–Kier alpha value is -1.62. The summed E-state index contributed by atoms with van der Waals surface area (Å²) in [5, 5.41) is 0. The van der Waals surface area contributed by atoms with Crippen LogP contribution in [0.25, 0.3) is 0 Å². The van der Waals surface area contributed by atoms with Crippen LogP contribution < -0.4 is 37.2 Å². The van der Waals surface area contributed by atoms with Gasteiger partial charge in [0.1, 0.15) is 0 Å². The Morgan fingerprint density at radius 1 is 0.515 bits per heavy atom. The minimum atomic E-state index is 0. The SMILES string of the molecule is Cc1cc(C=Nc2c(C)cc(C)cc2C)nc(C=Nc2c(C)cc(C)cc2C)c1.[Cl-].[Cl-].[Cl-].[V+3]. The van der Waals surface area contributed by atoms with Crippen molar-refractivity contribution < 1.29 is 55.8 Å². The number of nitrogens with zero attached hydrogens (tertiary/aromatic N) is 3. The Balaban J connectivity index is 0. The summed E-state index contributed by atoms with van der Waals surface area (Å²) in [5.41, 5.74) is 12.1. The van der Waals surface area contributed by atoms with E-state index in [1.807, 2.05) is 24.6 Å². The van der Waals surface area contributed by atoms with Crippen molar-refractivity contribution in [2.45, 2.75) is 48.5 Å². The first-order valence-electron chi connectivity index (χ1n) is 9.95. The van der Waals surface area contributed by atoms with Gasteiger partial charge in [0, 0.05) is 0 Å². The van der Waals surface area contributed by atoms with Gasteiger partial charge in [0.15, 0.2) is 0 Å². The summed E-state index contributed by atoms with van der Waals surface area (Å²) in [6, 6.07) is 12.7. The van der Waals surface area contributed by atoms with E-state index in [0.717, 1.165) is 28.3 Å². The Bertz CT molecular complexity index is 1010. The normalized spacial score (nSPS) is 10.3. The van der Waals surface area contributed by atoms with E-state index in [1.165, 1.54) is 33.4 Å². The minimum Gasteiger partial charge on any atom is -1.00 e. The van der Waals surface area contributed by atoms with Crippen LogP contribution in [-0.2, 0) is 18.6 Å². The zero-order valence-electron chi connectivity index (χ0n) is 20.0. The van der Waals surface area contributed by atoms with Gasteiger partial charge < -0.3 is 37.2 Å². The molecule has 2 aromatic carbocycles. The minimum absolute atomic E-state index is 0. The van der Waals surface area contributed by atoms with Crippen molar-refractivity contribution in [1.82, 2.24) is 4.98 Å². The van der Waals surface area contributed by atoms with Crippen LogP contribution in [0.2, 0.25) is 0 Å². The molecule has 0 aliphatic heterocycles. The van der Waals surface area contributed by atoms with Gasteiger partial charge in [0.25, 0.3) is 0 Å². The average Bonchev–Trinajstić information content (AvgIpc) is 2.59. The van der Waals surface area contributed by atoms with Crippen LogP contribution in [0.1, 0.15) is 50.3 Å². The third-order valence-electron chi connectivity index (χ3n) is 4.93. The van der Waals surface area contributed by atoms with Crippen LogP contribution in [0.15, 0.2) is 46.4 Å². The number of aliphatic imine (C=N–C) groups is 2. The topological polar surface area (TPSA) is 37.6 Å². The molecule has 0 bridgehead atoms. The molecule has 1 aromatic heterocycles. The third kappa shape index (κ3) is 8.92. The monoisotopic (exact) mass is 539 g/mol. The van der Waals surface area contributed by atoms with Crippen LogP contribution in [-0.4, -0.2) is 17.4 Å². The van der Waals surface area contributed by atoms with Gasteiger partial charge in [-0.15, -0.1) is 0 Å². The Labute approximate surface area is 228 Å². The van der Waals surface area contributed by atoms with E-state index in [2.05, 4.69) is 72.7 Å². The second-order valence-corrected chi connectivity index (χ2v) is 8.01. The predicted octanol–water partition coefficient (Wildman–Crippen LogP) is -2.25. The van der Waals surface area contributed by atoms with Crippen molar-refractivity contribution >= 4 is 23.8 Å². The van der Waals surface area contributed by atoms with E-state index in [9.17, 15) is 0 Å². The summed E-state index contributed by atoms with van der Waals surface area (Å²) in [6.07, 6.45) is 3.69. The van der Waals surface area contributed by atoms with Gasteiger partial charge in [-0.2, -0.15) is 0 Å². The van der Waals surface area contributed by atoms with Gasteiger partial charge in [0.05, 0.1) is 35.2 Å². The summed E-state index contributed by atoms with van der Waals surface area (Å²) >= 11 is 0. The van der Waals surface area contributed by atoms with Crippen molar-refractivity contribution in [3.05, 3.63) is 86.7 Å².